The van der Waals surface area contributed by atoms with Gasteiger partial charge in [-0.1, -0.05) is 36.0 Å². The minimum atomic E-state index is -0.473. The highest BCUT2D eigenvalue weighted by atomic mass is 16.7. The highest BCUT2D eigenvalue weighted by Crippen LogP contribution is 2.30. The molecule has 0 amide bonds. The predicted octanol–water partition coefficient (Wildman–Crippen LogP) is 5.99. The van der Waals surface area contributed by atoms with Gasteiger partial charge in [-0.05, 0) is 53.1 Å². The topological polar surface area (TPSA) is 141 Å². The highest BCUT2D eigenvalue weighted by Gasteiger charge is 2.15. The van der Waals surface area contributed by atoms with E-state index in [1.165, 1.54) is 40.6 Å². The van der Waals surface area contributed by atoms with Gasteiger partial charge in [-0.25, -0.2) is 0 Å². The summed E-state index contributed by atoms with van der Waals surface area (Å²) in [5.74, 6) is 1.33. The monoisotopic (exact) mass is 537 g/mol. The number of hydrogen-bond acceptors (Lipinski definition) is 9. The summed E-state index contributed by atoms with van der Waals surface area (Å²) in [4.78, 5) is 15.8. The molecule has 0 aromatic heterocycles. The van der Waals surface area contributed by atoms with Gasteiger partial charge in [0, 0.05) is 24.0 Å². The highest BCUT2D eigenvalue weighted by molar-refractivity contribution is 6.07. The third-order valence-electron chi connectivity index (χ3n) is 5.16. The van der Waals surface area contributed by atoms with Gasteiger partial charge in [-0.15, -0.1) is 0 Å². The van der Waals surface area contributed by atoms with Crippen molar-refractivity contribution in [1.29, 1.82) is 0 Å². The van der Waals surface area contributed by atoms with E-state index in [-0.39, 0.29) is 37.0 Å². The van der Waals surface area contributed by atoms with Crippen molar-refractivity contribution in [3.63, 3.8) is 0 Å². The standard InChI is InChI=1S/C28H31N3O8/c1-19(39-18-34-2)14-22(23(32)10-6-20-8-12-25(35-3)27(15-20)37-5)24(33)11-7-21-9-13-26(36-4)28(16-21)38-17-30-31-29/h6-13,15-16,32H,1,14,17-18H2,2-5H3/b10-6+,11-7+,23-22-. The van der Waals surface area contributed by atoms with Crippen molar-refractivity contribution in [3.8, 4) is 23.0 Å². The summed E-state index contributed by atoms with van der Waals surface area (Å²) >= 11 is 0. The quantitative estimate of drug-likeness (QED) is 0.0523. The number of azide groups is 1. The van der Waals surface area contributed by atoms with Gasteiger partial charge < -0.3 is 33.5 Å². The van der Waals surface area contributed by atoms with Crippen molar-refractivity contribution in [3.05, 3.63) is 93.8 Å². The van der Waals surface area contributed by atoms with Gasteiger partial charge in [0.1, 0.15) is 5.76 Å². The number of aliphatic hydroxyl groups is 1. The Balaban J connectivity index is 2.36. The molecule has 0 fully saturated rings. The lowest BCUT2D eigenvalue weighted by molar-refractivity contribution is -0.111. The van der Waals surface area contributed by atoms with Crippen molar-refractivity contribution in [2.45, 2.75) is 6.42 Å². The van der Waals surface area contributed by atoms with E-state index >= 15 is 0 Å². The molecule has 11 heteroatoms. The fourth-order valence-electron chi connectivity index (χ4n) is 3.23. The summed E-state index contributed by atoms with van der Waals surface area (Å²) in [7, 11) is 5.99. The lowest BCUT2D eigenvalue weighted by atomic mass is 10.0. The van der Waals surface area contributed by atoms with Crippen molar-refractivity contribution in [2.24, 2.45) is 5.11 Å². The van der Waals surface area contributed by atoms with Crippen molar-refractivity contribution in [2.75, 3.05) is 42.0 Å². The van der Waals surface area contributed by atoms with E-state index in [0.29, 0.717) is 34.1 Å². The Hall–Kier alpha value is -4.86. The first-order chi connectivity index (χ1) is 18.9. The van der Waals surface area contributed by atoms with E-state index in [4.69, 9.17) is 34.0 Å². The maximum atomic E-state index is 13.2. The Bertz CT molecular complexity index is 1290. The molecule has 39 heavy (non-hydrogen) atoms. The van der Waals surface area contributed by atoms with Gasteiger partial charge in [-0.3, -0.25) is 4.79 Å². The molecule has 0 heterocycles. The largest absolute Gasteiger partial charge is 0.508 e. The second kappa shape index (κ2) is 16.1. The summed E-state index contributed by atoms with van der Waals surface area (Å²) in [6.07, 6.45) is 5.83. The number of benzene rings is 2. The molecule has 2 rings (SSSR count). The van der Waals surface area contributed by atoms with Crippen LogP contribution < -0.4 is 18.9 Å². The molecule has 0 aliphatic carbocycles. The van der Waals surface area contributed by atoms with Crippen molar-refractivity contribution in [1.82, 2.24) is 0 Å². The second-order valence-corrected chi connectivity index (χ2v) is 7.69. The van der Waals surface area contributed by atoms with Crippen LogP contribution in [-0.4, -0.2) is 52.9 Å². The van der Waals surface area contributed by atoms with Gasteiger partial charge in [0.15, 0.2) is 42.3 Å². The first-order valence-electron chi connectivity index (χ1n) is 11.5. The third kappa shape index (κ3) is 9.51. The number of methoxy groups -OCH3 is 4. The summed E-state index contributed by atoms with van der Waals surface area (Å²) < 4.78 is 31.4. The van der Waals surface area contributed by atoms with Crippen LogP contribution in [0.4, 0.5) is 0 Å². The van der Waals surface area contributed by atoms with Crippen LogP contribution in [0.5, 0.6) is 23.0 Å². The zero-order valence-corrected chi connectivity index (χ0v) is 22.2. The number of hydrogen-bond donors (Lipinski definition) is 1. The molecule has 206 valence electrons. The second-order valence-electron chi connectivity index (χ2n) is 7.69. The molecule has 11 nitrogen and oxygen atoms in total. The smallest absolute Gasteiger partial charge is 0.188 e. The first kappa shape index (κ1) is 30.4. The fraction of sp³-hybridized carbons (Fsp3) is 0.250. The molecule has 0 unspecified atom stereocenters. The summed E-state index contributed by atoms with van der Waals surface area (Å²) in [6.45, 7) is 3.52. The van der Waals surface area contributed by atoms with E-state index < -0.39 is 5.78 Å². The number of ketones is 1. The summed E-state index contributed by atoms with van der Waals surface area (Å²) in [6, 6.07) is 10.2. The predicted molar refractivity (Wildman–Crippen MR) is 147 cm³/mol. The normalized spacial score (nSPS) is 11.5. The van der Waals surface area contributed by atoms with Gasteiger partial charge in [0.05, 0.1) is 27.1 Å². The Morgan fingerprint density at radius 3 is 2.13 bits per heavy atom. The maximum Gasteiger partial charge on any atom is 0.188 e. The summed E-state index contributed by atoms with van der Waals surface area (Å²) in [5, 5.41) is 14.2. The minimum Gasteiger partial charge on any atom is -0.508 e. The van der Waals surface area contributed by atoms with Crippen LogP contribution in [0.2, 0.25) is 0 Å². The molecule has 0 spiro atoms. The van der Waals surface area contributed by atoms with Gasteiger partial charge >= 0.3 is 0 Å². The van der Waals surface area contributed by atoms with Crippen molar-refractivity contribution < 1.29 is 38.3 Å². The zero-order valence-electron chi connectivity index (χ0n) is 22.2. The van der Waals surface area contributed by atoms with Crippen LogP contribution in [0.25, 0.3) is 22.6 Å². The zero-order chi connectivity index (χ0) is 28.6. The molecule has 0 bridgehead atoms. The van der Waals surface area contributed by atoms with Crippen LogP contribution >= 0.6 is 0 Å². The van der Waals surface area contributed by atoms with Crippen LogP contribution in [-0.2, 0) is 14.3 Å². The molecule has 0 saturated carbocycles. The molecular weight excluding hydrogens is 506 g/mol. The van der Waals surface area contributed by atoms with Gasteiger partial charge in [0.2, 0.25) is 0 Å². The Morgan fingerprint density at radius 1 is 0.949 bits per heavy atom. The molecule has 0 saturated heterocycles. The van der Waals surface area contributed by atoms with E-state index in [0.717, 1.165) is 0 Å². The maximum absolute atomic E-state index is 13.2. The first-order valence-corrected chi connectivity index (χ1v) is 11.5. The molecular formula is C28H31N3O8. The Morgan fingerprint density at radius 2 is 1.54 bits per heavy atom. The van der Waals surface area contributed by atoms with Crippen LogP contribution in [0.1, 0.15) is 17.5 Å². The molecule has 1 N–H and O–H groups in total. The lowest BCUT2D eigenvalue weighted by Crippen LogP contribution is -2.06. The number of rotatable bonds is 16. The van der Waals surface area contributed by atoms with Crippen LogP contribution in [0.3, 0.4) is 0 Å². The molecule has 2 aromatic carbocycles. The van der Waals surface area contributed by atoms with E-state index in [2.05, 4.69) is 16.6 Å². The molecule has 0 atom stereocenters. The molecule has 0 aliphatic rings. The van der Waals surface area contributed by atoms with Crippen LogP contribution in [0.15, 0.2) is 77.3 Å². The van der Waals surface area contributed by atoms with E-state index in [1.807, 2.05) is 0 Å². The summed E-state index contributed by atoms with van der Waals surface area (Å²) in [5.41, 5.74) is 9.83. The van der Waals surface area contributed by atoms with Gasteiger partial charge in [0.25, 0.3) is 0 Å². The van der Waals surface area contributed by atoms with E-state index in [1.54, 1.807) is 48.6 Å². The number of carbonyl (C=O) groups excluding carboxylic acids is 1. The molecule has 0 aliphatic heterocycles. The number of allylic oxidation sites excluding steroid dienone is 3. The average Bonchev–Trinajstić information content (AvgIpc) is 2.96. The lowest BCUT2D eigenvalue weighted by Gasteiger charge is -2.11. The Labute approximate surface area is 226 Å². The molecule has 2 aromatic rings. The average molecular weight is 538 g/mol. The molecule has 0 radical (unpaired) electrons. The van der Waals surface area contributed by atoms with Gasteiger partial charge in [-0.2, -0.15) is 0 Å². The number of aliphatic hydroxyl groups excluding tert-OH is 1. The van der Waals surface area contributed by atoms with Crippen LogP contribution in [0, 0.1) is 0 Å². The van der Waals surface area contributed by atoms with Crippen molar-refractivity contribution >= 4 is 17.9 Å². The van der Waals surface area contributed by atoms with E-state index in [9.17, 15) is 9.90 Å². The number of nitrogens with zero attached hydrogens (tertiary/aromatic N) is 3. The SMILES string of the molecule is C=C(C/C(C(=O)/C=C/c1ccc(OC)c(OCN=[N+]=[N-])c1)=C(O)\C=C\c1ccc(OC)c(OC)c1)OCOC. The third-order valence-corrected chi connectivity index (χ3v) is 5.16. The number of ether oxygens (including phenoxy) is 6. The fourth-order valence-corrected chi connectivity index (χ4v) is 3.23. The Kier molecular flexibility index (Phi) is 12.5. The minimum absolute atomic E-state index is 0.0527. The number of carbonyl (C=O) groups is 1.